The zero-order valence-corrected chi connectivity index (χ0v) is 37.8. The van der Waals surface area contributed by atoms with Crippen LogP contribution in [0.3, 0.4) is 0 Å². The molecule has 0 atom stereocenters. The molecule has 0 aliphatic heterocycles. The van der Waals surface area contributed by atoms with Crippen molar-refractivity contribution in [2.75, 3.05) is 4.90 Å². The molecule has 13 aromatic rings. The fraction of sp³-hybridized carbons (Fsp3) is 0.0154. The van der Waals surface area contributed by atoms with Gasteiger partial charge in [0.05, 0.1) is 5.41 Å². The number of para-hydroxylation sites is 1. The molecule has 2 aromatic heterocycles. The van der Waals surface area contributed by atoms with Gasteiger partial charge in [-0.25, -0.2) is 0 Å². The van der Waals surface area contributed by atoms with Crippen molar-refractivity contribution in [3.8, 4) is 33.4 Å². The molecule has 0 N–H and O–H groups in total. The summed E-state index contributed by atoms with van der Waals surface area (Å²) in [6.07, 6.45) is 0. The van der Waals surface area contributed by atoms with Crippen molar-refractivity contribution in [3.05, 3.63) is 271 Å². The van der Waals surface area contributed by atoms with Crippen molar-refractivity contribution in [1.29, 1.82) is 0 Å². The van der Waals surface area contributed by atoms with Crippen molar-refractivity contribution in [3.63, 3.8) is 0 Å². The lowest BCUT2D eigenvalue weighted by atomic mass is 9.67. The Morgan fingerprint density at radius 3 is 1.63 bits per heavy atom. The Labute approximate surface area is 398 Å². The number of hydrogen-bond donors (Lipinski definition) is 0. The maximum Gasteiger partial charge on any atom is 0.137 e. The van der Waals surface area contributed by atoms with Crippen molar-refractivity contribution in [2.45, 2.75) is 5.41 Å². The van der Waals surface area contributed by atoms with E-state index in [2.05, 4.69) is 241 Å². The highest BCUT2D eigenvalue weighted by molar-refractivity contribution is 7.27. The van der Waals surface area contributed by atoms with E-state index < -0.39 is 5.41 Å². The topological polar surface area (TPSA) is 16.4 Å². The lowest BCUT2D eigenvalue weighted by Gasteiger charge is -2.34. The normalized spacial score (nSPS) is 12.8. The van der Waals surface area contributed by atoms with Crippen LogP contribution in [0.1, 0.15) is 22.3 Å². The minimum Gasteiger partial charge on any atom is -0.456 e. The van der Waals surface area contributed by atoms with E-state index >= 15 is 0 Å². The number of furan rings is 1. The molecule has 2 heterocycles. The average molecular weight is 884 g/mol. The second kappa shape index (κ2) is 15.3. The predicted molar refractivity (Wildman–Crippen MR) is 287 cm³/mol. The maximum absolute atomic E-state index is 6.49. The van der Waals surface area contributed by atoms with Gasteiger partial charge in [0.2, 0.25) is 0 Å². The molecule has 68 heavy (non-hydrogen) atoms. The molecular weight excluding hydrogens is 843 g/mol. The van der Waals surface area contributed by atoms with E-state index in [1.54, 1.807) is 0 Å². The minimum absolute atomic E-state index is 0.459. The summed E-state index contributed by atoms with van der Waals surface area (Å²) in [6.45, 7) is 0. The van der Waals surface area contributed by atoms with Gasteiger partial charge in [0.25, 0.3) is 0 Å². The van der Waals surface area contributed by atoms with E-state index in [0.717, 1.165) is 39.0 Å². The third-order valence-corrected chi connectivity index (χ3v) is 15.7. The zero-order valence-electron chi connectivity index (χ0n) is 36.9. The number of benzene rings is 11. The molecule has 0 saturated heterocycles. The third kappa shape index (κ3) is 5.76. The SMILES string of the molecule is c1ccc(C2(c3ccccc3)c3ccccc3-c3c(-c4ccc(N(c5ccc(-c6cccc7c6sc6c8ccccc8ccc76)cc5)c5ccc6c(c5)oc5ccccc56)cc4)cccc32)cc1. The third-order valence-electron chi connectivity index (χ3n) is 14.4. The summed E-state index contributed by atoms with van der Waals surface area (Å²) in [7, 11) is 0. The van der Waals surface area contributed by atoms with Crippen LogP contribution in [-0.4, -0.2) is 0 Å². The summed E-state index contributed by atoms with van der Waals surface area (Å²) in [5.41, 5.74) is 17.0. The average Bonchev–Trinajstić information content (AvgIpc) is 4.08. The van der Waals surface area contributed by atoms with E-state index in [9.17, 15) is 0 Å². The molecule has 2 nitrogen and oxygen atoms in total. The second-order valence-corrected chi connectivity index (χ2v) is 18.9. The van der Waals surface area contributed by atoms with E-state index in [-0.39, 0.29) is 0 Å². The second-order valence-electron chi connectivity index (χ2n) is 17.9. The van der Waals surface area contributed by atoms with Crippen LogP contribution in [0.15, 0.2) is 253 Å². The highest BCUT2D eigenvalue weighted by Gasteiger charge is 2.46. The molecule has 0 bridgehead atoms. The van der Waals surface area contributed by atoms with Crippen molar-refractivity contribution < 1.29 is 4.42 Å². The zero-order chi connectivity index (χ0) is 44.8. The van der Waals surface area contributed by atoms with Gasteiger partial charge in [-0.2, -0.15) is 0 Å². The van der Waals surface area contributed by atoms with Crippen LogP contribution in [0.5, 0.6) is 0 Å². The Balaban J connectivity index is 0.903. The highest BCUT2D eigenvalue weighted by atomic mass is 32.1. The molecule has 14 rings (SSSR count). The summed E-state index contributed by atoms with van der Waals surface area (Å²) in [4.78, 5) is 2.35. The maximum atomic E-state index is 6.49. The molecule has 0 unspecified atom stereocenters. The van der Waals surface area contributed by atoms with Gasteiger partial charge in [-0.3, -0.25) is 0 Å². The summed E-state index contributed by atoms with van der Waals surface area (Å²) < 4.78 is 9.14. The van der Waals surface area contributed by atoms with Gasteiger partial charge in [0, 0.05) is 54.1 Å². The Morgan fingerprint density at radius 2 is 0.868 bits per heavy atom. The fourth-order valence-electron chi connectivity index (χ4n) is 11.4. The molecule has 3 heteroatoms. The van der Waals surface area contributed by atoms with Crippen molar-refractivity contribution in [1.82, 2.24) is 0 Å². The number of rotatable bonds is 7. The van der Waals surface area contributed by atoms with Gasteiger partial charge in [0.15, 0.2) is 0 Å². The van der Waals surface area contributed by atoms with Crippen molar-refractivity contribution >= 4 is 81.3 Å². The molecule has 0 amide bonds. The van der Waals surface area contributed by atoms with Gasteiger partial charge in [-0.05, 0) is 109 Å². The lowest BCUT2D eigenvalue weighted by Crippen LogP contribution is -2.28. The molecule has 318 valence electrons. The van der Waals surface area contributed by atoms with Crippen LogP contribution in [0, 0.1) is 0 Å². The molecule has 0 spiro atoms. The van der Waals surface area contributed by atoms with Crippen LogP contribution >= 0.6 is 11.3 Å². The standard InChI is InChI=1S/C65H41NOS/c1-3-16-45(17-4-1)65(46-18-5-2-6-19-46)58-26-11-9-22-57(58)62-50(23-14-27-59(62)65)43-29-34-47(35-30-43)66(49-38-40-54-53-21-10-12-28-60(53)67-61(54)41-49)48-36-31-44(32-37-48)52-24-13-25-55-56-39-33-42-15-7-8-20-51(42)64(56)68-63(52)55/h1-41H. The first-order valence-corrected chi connectivity index (χ1v) is 24.1. The summed E-state index contributed by atoms with van der Waals surface area (Å²) in [6, 6.07) is 91.1. The molecule has 11 aromatic carbocycles. The van der Waals surface area contributed by atoms with E-state index in [4.69, 9.17) is 4.42 Å². The van der Waals surface area contributed by atoms with E-state index in [1.807, 2.05) is 23.5 Å². The van der Waals surface area contributed by atoms with E-state index in [1.165, 1.54) is 86.6 Å². The van der Waals surface area contributed by atoms with E-state index in [0.29, 0.717) is 0 Å². The largest absolute Gasteiger partial charge is 0.456 e. The Morgan fingerprint density at radius 1 is 0.338 bits per heavy atom. The molecular formula is C65H41NOS. The molecule has 0 radical (unpaired) electrons. The summed E-state index contributed by atoms with van der Waals surface area (Å²) in [5, 5.41) is 7.44. The highest BCUT2D eigenvalue weighted by Crippen LogP contribution is 2.58. The Hall–Kier alpha value is -8.50. The number of hydrogen-bond acceptors (Lipinski definition) is 3. The quantitative estimate of drug-likeness (QED) is 0.159. The monoisotopic (exact) mass is 883 g/mol. The first-order valence-electron chi connectivity index (χ1n) is 23.3. The van der Waals surface area contributed by atoms with Gasteiger partial charge in [-0.15, -0.1) is 11.3 Å². The molecule has 1 aliphatic rings. The van der Waals surface area contributed by atoms with Crippen LogP contribution < -0.4 is 4.90 Å². The first-order chi connectivity index (χ1) is 33.7. The van der Waals surface area contributed by atoms with Crippen LogP contribution in [-0.2, 0) is 5.41 Å². The smallest absolute Gasteiger partial charge is 0.137 e. The van der Waals surface area contributed by atoms with Gasteiger partial charge < -0.3 is 9.32 Å². The summed E-state index contributed by atoms with van der Waals surface area (Å²) in [5.74, 6) is 0. The van der Waals surface area contributed by atoms with Gasteiger partial charge in [-0.1, -0.05) is 200 Å². The predicted octanol–water partition coefficient (Wildman–Crippen LogP) is 18.3. The summed E-state index contributed by atoms with van der Waals surface area (Å²) >= 11 is 1.90. The van der Waals surface area contributed by atoms with Crippen LogP contribution in [0.25, 0.3) is 86.3 Å². The minimum atomic E-state index is -0.459. The molecule has 0 fully saturated rings. The number of fused-ring (bicyclic) bond motifs is 11. The first kappa shape index (κ1) is 38.7. The number of anilines is 3. The molecule has 1 aliphatic carbocycles. The van der Waals surface area contributed by atoms with Gasteiger partial charge in [0.1, 0.15) is 11.2 Å². The number of thiophene rings is 1. The molecule has 0 saturated carbocycles. The lowest BCUT2D eigenvalue weighted by molar-refractivity contribution is 0.669. The van der Waals surface area contributed by atoms with Gasteiger partial charge >= 0.3 is 0 Å². The fourth-order valence-corrected chi connectivity index (χ4v) is 12.7. The Bertz CT molecular complexity index is 4030. The van der Waals surface area contributed by atoms with Crippen LogP contribution in [0.2, 0.25) is 0 Å². The van der Waals surface area contributed by atoms with Crippen LogP contribution in [0.4, 0.5) is 17.1 Å². The number of nitrogens with zero attached hydrogens (tertiary/aromatic N) is 1. The van der Waals surface area contributed by atoms with Crippen molar-refractivity contribution in [2.24, 2.45) is 0 Å². The Kier molecular flexibility index (Phi) is 8.71.